The Balaban J connectivity index is 1.71. The minimum atomic E-state index is -4.52. The lowest BCUT2D eigenvalue weighted by atomic mass is 10.0. The first-order chi connectivity index (χ1) is 16.5. The second-order valence-corrected chi connectivity index (χ2v) is 10.8. The number of rotatable bonds is 7. The van der Waals surface area contributed by atoms with Gasteiger partial charge in [0.1, 0.15) is 17.1 Å². The van der Waals surface area contributed by atoms with Crippen LogP contribution in [-0.2, 0) is 28.8 Å². The number of hydroxylamine groups is 2. The Bertz CT molecular complexity index is 1310. The van der Waals surface area contributed by atoms with Gasteiger partial charge in [0.05, 0.1) is 4.90 Å². The summed E-state index contributed by atoms with van der Waals surface area (Å²) in [5.74, 6) is -2.73. The second-order valence-electron chi connectivity index (χ2n) is 8.18. The first-order valence-corrected chi connectivity index (χ1v) is 13.0. The standard InChI is InChI=1S/C23H23N3O7S2/c1-13-8-10-16(11-9-13)35(31,32)33-26(20(27)17(24)15-6-4-3-5-7-15)19-21(28)25-18(23(29)30)14(2)12-34-22(19)25/h3-11,17,19,22H,12,24H2,1-2H3,(H,29,30)/t17-,19-,22-/m1/s1. The maximum atomic E-state index is 13.4. The van der Waals surface area contributed by atoms with E-state index in [1.807, 2.05) is 0 Å². The summed E-state index contributed by atoms with van der Waals surface area (Å²) >= 11 is 1.21. The first-order valence-electron chi connectivity index (χ1n) is 10.6. The number of carboxylic acids is 1. The third-order valence-electron chi connectivity index (χ3n) is 5.72. The maximum Gasteiger partial charge on any atom is 0.352 e. The summed E-state index contributed by atoms with van der Waals surface area (Å²) in [6, 6.07) is 11.3. The monoisotopic (exact) mass is 517 g/mol. The summed E-state index contributed by atoms with van der Waals surface area (Å²) in [7, 11) is -4.52. The van der Waals surface area contributed by atoms with E-state index in [4.69, 9.17) is 10.0 Å². The Morgan fingerprint density at radius 1 is 1.14 bits per heavy atom. The number of hydrogen-bond donors (Lipinski definition) is 2. The van der Waals surface area contributed by atoms with Crippen LogP contribution in [0.4, 0.5) is 0 Å². The number of carboxylic acid groups (broad SMARTS) is 1. The molecule has 4 rings (SSSR count). The average Bonchev–Trinajstić information content (AvgIpc) is 2.83. The fraction of sp³-hybridized carbons (Fsp3) is 0.261. The van der Waals surface area contributed by atoms with E-state index < -0.39 is 45.4 Å². The van der Waals surface area contributed by atoms with Gasteiger partial charge in [-0.3, -0.25) is 14.5 Å². The van der Waals surface area contributed by atoms with Gasteiger partial charge in [-0.1, -0.05) is 48.0 Å². The Kier molecular flexibility index (Phi) is 6.73. The molecule has 0 radical (unpaired) electrons. The van der Waals surface area contributed by atoms with Crippen molar-refractivity contribution in [2.75, 3.05) is 5.75 Å². The zero-order valence-electron chi connectivity index (χ0n) is 18.8. The van der Waals surface area contributed by atoms with Crippen molar-refractivity contribution in [1.29, 1.82) is 0 Å². The second kappa shape index (κ2) is 9.46. The number of carbonyl (C=O) groups excluding carboxylic acids is 2. The Morgan fingerprint density at radius 2 is 1.77 bits per heavy atom. The molecule has 3 atom stereocenters. The van der Waals surface area contributed by atoms with Crippen LogP contribution in [0.15, 0.2) is 70.8 Å². The molecule has 35 heavy (non-hydrogen) atoms. The quantitative estimate of drug-likeness (QED) is 0.414. The third-order valence-corrected chi connectivity index (χ3v) is 8.33. The lowest BCUT2D eigenvalue weighted by molar-refractivity contribution is -0.189. The van der Waals surface area contributed by atoms with Crippen molar-refractivity contribution >= 4 is 39.7 Å². The van der Waals surface area contributed by atoms with Crippen LogP contribution >= 0.6 is 11.8 Å². The topological polar surface area (TPSA) is 147 Å². The molecule has 184 valence electrons. The largest absolute Gasteiger partial charge is 0.477 e. The molecule has 0 bridgehead atoms. The fourth-order valence-electron chi connectivity index (χ4n) is 3.85. The molecule has 12 heteroatoms. The summed E-state index contributed by atoms with van der Waals surface area (Å²) in [4.78, 5) is 39.2. The molecule has 2 heterocycles. The van der Waals surface area contributed by atoms with Crippen LogP contribution in [0.25, 0.3) is 0 Å². The van der Waals surface area contributed by atoms with Crippen molar-refractivity contribution in [3.8, 4) is 0 Å². The third kappa shape index (κ3) is 4.57. The van der Waals surface area contributed by atoms with Crippen molar-refractivity contribution in [1.82, 2.24) is 9.96 Å². The number of hydrogen-bond acceptors (Lipinski definition) is 8. The fourth-order valence-corrected chi connectivity index (χ4v) is 6.11. The van der Waals surface area contributed by atoms with Gasteiger partial charge in [-0.2, -0.15) is 13.5 Å². The van der Waals surface area contributed by atoms with Gasteiger partial charge in [0.15, 0.2) is 6.04 Å². The number of thioether (sulfide) groups is 1. The van der Waals surface area contributed by atoms with Crippen LogP contribution in [0.2, 0.25) is 0 Å². The molecule has 3 N–H and O–H groups in total. The Morgan fingerprint density at radius 3 is 2.37 bits per heavy atom. The highest BCUT2D eigenvalue weighted by atomic mass is 32.2. The zero-order valence-corrected chi connectivity index (χ0v) is 20.5. The van der Waals surface area contributed by atoms with Gasteiger partial charge < -0.3 is 10.8 Å². The van der Waals surface area contributed by atoms with E-state index in [-0.39, 0.29) is 16.3 Å². The van der Waals surface area contributed by atoms with Crippen LogP contribution in [0.3, 0.4) is 0 Å². The van der Waals surface area contributed by atoms with Crippen LogP contribution < -0.4 is 5.73 Å². The highest BCUT2D eigenvalue weighted by Gasteiger charge is 2.58. The van der Waals surface area contributed by atoms with Gasteiger partial charge in [-0.25, -0.2) is 4.79 Å². The highest BCUT2D eigenvalue weighted by Crippen LogP contribution is 2.43. The Hall–Kier alpha value is -3.19. The summed E-state index contributed by atoms with van der Waals surface area (Å²) in [5.41, 5.74) is 7.65. The van der Waals surface area contributed by atoms with Crippen LogP contribution in [0.1, 0.15) is 24.1 Å². The molecule has 10 nitrogen and oxygen atoms in total. The molecular formula is C23H23N3O7S2. The van der Waals surface area contributed by atoms with Gasteiger partial charge in [-0.15, -0.1) is 16.0 Å². The predicted molar refractivity (Wildman–Crippen MR) is 127 cm³/mol. The van der Waals surface area contributed by atoms with Crippen LogP contribution in [0, 0.1) is 6.92 Å². The number of nitrogens with zero attached hydrogens (tertiary/aromatic N) is 2. The molecular weight excluding hydrogens is 494 g/mol. The average molecular weight is 518 g/mol. The number of nitrogens with two attached hydrogens (primary N) is 1. The Labute approximate surface area is 206 Å². The minimum absolute atomic E-state index is 0.184. The lowest BCUT2D eigenvalue weighted by Gasteiger charge is -2.51. The van der Waals surface area contributed by atoms with E-state index in [0.717, 1.165) is 10.5 Å². The first kappa shape index (κ1) is 24.9. The molecule has 2 amide bonds. The summed E-state index contributed by atoms with van der Waals surface area (Å²) in [6.45, 7) is 3.38. The van der Waals surface area contributed by atoms with E-state index in [9.17, 15) is 27.9 Å². The molecule has 0 aliphatic carbocycles. The van der Waals surface area contributed by atoms with Crippen molar-refractivity contribution < 1.29 is 32.2 Å². The van der Waals surface area contributed by atoms with Crippen molar-refractivity contribution in [3.63, 3.8) is 0 Å². The predicted octanol–water partition coefficient (Wildman–Crippen LogP) is 1.79. The summed E-state index contributed by atoms with van der Waals surface area (Å²) in [5, 5.41) is 9.23. The van der Waals surface area contributed by atoms with E-state index in [0.29, 0.717) is 16.2 Å². The smallest absolute Gasteiger partial charge is 0.352 e. The summed E-state index contributed by atoms with van der Waals surface area (Å²) < 4.78 is 31.4. The number of carbonyl (C=O) groups is 3. The van der Waals surface area contributed by atoms with E-state index in [1.54, 1.807) is 56.3 Å². The molecule has 1 saturated heterocycles. The van der Waals surface area contributed by atoms with E-state index >= 15 is 0 Å². The molecule has 0 saturated carbocycles. The highest BCUT2D eigenvalue weighted by molar-refractivity contribution is 8.00. The molecule has 1 fully saturated rings. The SMILES string of the molecule is CC1=C(C(=O)O)N2C(=O)[C@@H](N(OS(=O)(=O)c3ccc(C)cc3)C(=O)[C@H](N)c3ccccc3)[C@H]2SC1. The van der Waals surface area contributed by atoms with E-state index in [1.165, 1.54) is 23.9 Å². The van der Waals surface area contributed by atoms with E-state index in [2.05, 4.69) is 0 Å². The molecule has 2 aliphatic heterocycles. The molecule has 0 aromatic heterocycles. The minimum Gasteiger partial charge on any atom is -0.477 e. The molecule has 0 spiro atoms. The molecule has 2 aromatic rings. The zero-order chi connectivity index (χ0) is 25.5. The van der Waals surface area contributed by atoms with Gasteiger partial charge >= 0.3 is 16.1 Å². The van der Waals surface area contributed by atoms with Crippen LogP contribution in [0.5, 0.6) is 0 Å². The van der Waals surface area contributed by atoms with Gasteiger partial charge in [0.2, 0.25) is 0 Å². The van der Waals surface area contributed by atoms with Gasteiger partial charge in [0.25, 0.3) is 11.8 Å². The van der Waals surface area contributed by atoms with Crippen molar-refractivity contribution in [3.05, 3.63) is 77.0 Å². The molecule has 2 aromatic carbocycles. The molecule has 0 unspecified atom stereocenters. The number of aryl methyl sites for hydroxylation is 1. The van der Waals surface area contributed by atoms with Crippen molar-refractivity contribution in [2.24, 2.45) is 5.73 Å². The number of fused-ring (bicyclic) bond motifs is 1. The maximum absolute atomic E-state index is 13.4. The van der Waals surface area contributed by atoms with Gasteiger partial charge in [-0.05, 0) is 37.1 Å². The number of aliphatic carboxylic acids is 1. The lowest BCUT2D eigenvalue weighted by Crippen LogP contribution is -2.71. The van der Waals surface area contributed by atoms with Gasteiger partial charge in [0, 0.05) is 5.75 Å². The number of β-lactam (4-membered cyclic amide) rings is 1. The number of amides is 2. The summed E-state index contributed by atoms with van der Waals surface area (Å²) in [6.07, 6.45) is 0. The van der Waals surface area contributed by atoms with Crippen molar-refractivity contribution in [2.45, 2.75) is 36.2 Å². The molecule has 2 aliphatic rings. The normalized spacial score (nSPS) is 20.7. The number of benzene rings is 2. The van der Waals surface area contributed by atoms with Crippen LogP contribution in [-0.4, -0.2) is 58.4 Å².